The standard InChI is InChI=1S/C14H21N3O3/c1-3-6-20-14-8-12(7-13(9-14)17(18)19)16-5-4-15-11(2)10-16/h7-9,11,15H,3-6,10H2,1-2H3/t11-/m0/s1. The Bertz CT molecular complexity index is 479. The molecule has 20 heavy (non-hydrogen) atoms. The molecule has 1 aromatic rings. The number of nitro groups is 1. The van der Waals surface area contributed by atoms with Crippen molar-refractivity contribution in [1.29, 1.82) is 0 Å². The summed E-state index contributed by atoms with van der Waals surface area (Å²) in [6.45, 7) is 7.26. The molecule has 110 valence electrons. The molecule has 1 aliphatic heterocycles. The Morgan fingerprint density at radius 2 is 2.30 bits per heavy atom. The topological polar surface area (TPSA) is 67.6 Å². The van der Waals surface area contributed by atoms with E-state index in [2.05, 4.69) is 17.1 Å². The molecule has 1 N–H and O–H groups in total. The van der Waals surface area contributed by atoms with E-state index < -0.39 is 0 Å². The van der Waals surface area contributed by atoms with Gasteiger partial charge in [0.25, 0.3) is 5.69 Å². The molecule has 6 nitrogen and oxygen atoms in total. The quantitative estimate of drug-likeness (QED) is 0.661. The highest BCUT2D eigenvalue weighted by Gasteiger charge is 2.19. The molecule has 0 radical (unpaired) electrons. The number of non-ortho nitro benzene ring substituents is 1. The first-order chi connectivity index (χ1) is 9.60. The maximum atomic E-state index is 11.0. The fraction of sp³-hybridized carbons (Fsp3) is 0.571. The van der Waals surface area contributed by atoms with Gasteiger partial charge in [0.15, 0.2) is 0 Å². The molecule has 0 aliphatic carbocycles. The number of piperazine rings is 1. The minimum Gasteiger partial charge on any atom is -0.493 e. The number of ether oxygens (including phenoxy) is 1. The van der Waals surface area contributed by atoms with Crippen LogP contribution in [0.4, 0.5) is 11.4 Å². The summed E-state index contributed by atoms with van der Waals surface area (Å²) in [5, 5.41) is 14.4. The Labute approximate surface area is 118 Å². The van der Waals surface area contributed by atoms with E-state index in [9.17, 15) is 10.1 Å². The summed E-state index contributed by atoms with van der Waals surface area (Å²) in [5.41, 5.74) is 0.943. The van der Waals surface area contributed by atoms with Crippen molar-refractivity contribution in [3.63, 3.8) is 0 Å². The van der Waals surface area contributed by atoms with Gasteiger partial charge >= 0.3 is 0 Å². The molecule has 6 heteroatoms. The third kappa shape index (κ3) is 3.60. The molecule has 1 atom stereocenters. The molecule has 1 fully saturated rings. The minimum absolute atomic E-state index is 0.0831. The van der Waals surface area contributed by atoms with Crippen LogP contribution in [-0.4, -0.2) is 37.2 Å². The number of benzene rings is 1. The lowest BCUT2D eigenvalue weighted by atomic mass is 10.2. The van der Waals surface area contributed by atoms with Crippen LogP contribution in [0.25, 0.3) is 0 Å². The molecule has 2 rings (SSSR count). The van der Waals surface area contributed by atoms with Gasteiger partial charge in [-0.25, -0.2) is 0 Å². The summed E-state index contributed by atoms with van der Waals surface area (Å²) in [5.74, 6) is 0.572. The maximum Gasteiger partial charge on any atom is 0.275 e. The van der Waals surface area contributed by atoms with Gasteiger partial charge in [0, 0.05) is 43.5 Å². The van der Waals surface area contributed by atoms with Crippen LogP contribution in [0.3, 0.4) is 0 Å². The third-order valence-electron chi connectivity index (χ3n) is 3.29. The lowest BCUT2D eigenvalue weighted by molar-refractivity contribution is -0.384. The number of nitrogens with zero attached hydrogens (tertiary/aromatic N) is 2. The molecule has 0 aromatic heterocycles. The maximum absolute atomic E-state index is 11.0. The van der Waals surface area contributed by atoms with Gasteiger partial charge in [0.05, 0.1) is 17.6 Å². The molecule has 0 bridgehead atoms. The Morgan fingerprint density at radius 1 is 1.50 bits per heavy atom. The predicted molar refractivity (Wildman–Crippen MR) is 78.6 cm³/mol. The molecule has 0 spiro atoms. The monoisotopic (exact) mass is 279 g/mol. The van der Waals surface area contributed by atoms with Crippen LogP contribution in [0.15, 0.2) is 18.2 Å². The lowest BCUT2D eigenvalue weighted by Gasteiger charge is -2.33. The number of hydrogen-bond donors (Lipinski definition) is 1. The minimum atomic E-state index is -0.367. The highest BCUT2D eigenvalue weighted by atomic mass is 16.6. The van der Waals surface area contributed by atoms with Crippen molar-refractivity contribution in [3.05, 3.63) is 28.3 Å². The van der Waals surface area contributed by atoms with Crippen LogP contribution in [0.1, 0.15) is 20.3 Å². The normalized spacial score (nSPS) is 18.9. The fourth-order valence-electron chi connectivity index (χ4n) is 2.33. The molecule has 1 saturated heterocycles. The second-order valence-corrected chi connectivity index (χ2v) is 5.09. The van der Waals surface area contributed by atoms with Crippen molar-refractivity contribution in [2.24, 2.45) is 0 Å². The summed E-state index contributed by atoms with van der Waals surface area (Å²) in [4.78, 5) is 12.8. The predicted octanol–water partition coefficient (Wildman–Crippen LogP) is 2.18. The third-order valence-corrected chi connectivity index (χ3v) is 3.29. The van der Waals surface area contributed by atoms with E-state index >= 15 is 0 Å². The smallest absolute Gasteiger partial charge is 0.275 e. The van der Waals surface area contributed by atoms with Gasteiger partial charge in [-0.1, -0.05) is 6.92 Å². The van der Waals surface area contributed by atoms with E-state index in [0.717, 1.165) is 31.7 Å². The largest absolute Gasteiger partial charge is 0.493 e. The first kappa shape index (κ1) is 14.6. The average molecular weight is 279 g/mol. The summed E-state index contributed by atoms with van der Waals surface area (Å²) >= 11 is 0. The number of hydrogen-bond acceptors (Lipinski definition) is 5. The fourth-order valence-corrected chi connectivity index (χ4v) is 2.33. The van der Waals surface area contributed by atoms with E-state index in [1.165, 1.54) is 6.07 Å². The Balaban J connectivity index is 2.25. The van der Waals surface area contributed by atoms with Crippen LogP contribution in [-0.2, 0) is 0 Å². The first-order valence-corrected chi connectivity index (χ1v) is 7.00. The van der Waals surface area contributed by atoms with Crippen molar-refractivity contribution < 1.29 is 9.66 Å². The van der Waals surface area contributed by atoms with Crippen LogP contribution in [0, 0.1) is 10.1 Å². The zero-order valence-corrected chi connectivity index (χ0v) is 12.0. The number of nitrogens with one attached hydrogen (secondary N) is 1. The van der Waals surface area contributed by atoms with E-state index in [1.807, 2.05) is 13.0 Å². The zero-order chi connectivity index (χ0) is 14.5. The SMILES string of the molecule is CCCOc1cc(N2CCN[C@@H](C)C2)cc([N+](=O)[O-])c1. The van der Waals surface area contributed by atoms with Crippen LogP contribution in [0.2, 0.25) is 0 Å². The van der Waals surface area contributed by atoms with Gasteiger partial charge in [0.1, 0.15) is 5.75 Å². The van der Waals surface area contributed by atoms with Crippen LogP contribution in [0.5, 0.6) is 5.75 Å². The lowest BCUT2D eigenvalue weighted by Crippen LogP contribution is -2.49. The van der Waals surface area contributed by atoms with Crippen LogP contribution >= 0.6 is 0 Å². The summed E-state index contributed by atoms with van der Waals surface area (Å²) < 4.78 is 5.56. The van der Waals surface area contributed by atoms with Crippen molar-refractivity contribution in [2.75, 3.05) is 31.1 Å². The molecular formula is C14H21N3O3. The van der Waals surface area contributed by atoms with Crippen LogP contribution < -0.4 is 15.0 Å². The van der Waals surface area contributed by atoms with Gasteiger partial charge in [0.2, 0.25) is 0 Å². The highest BCUT2D eigenvalue weighted by molar-refractivity contribution is 5.58. The average Bonchev–Trinajstić information content (AvgIpc) is 2.44. The number of anilines is 1. The van der Waals surface area contributed by atoms with Crippen molar-refractivity contribution in [2.45, 2.75) is 26.3 Å². The molecule has 1 heterocycles. The molecule has 1 aliphatic rings. The van der Waals surface area contributed by atoms with Crippen molar-refractivity contribution in [3.8, 4) is 5.75 Å². The van der Waals surface area contributed by atoms with E-state index in [0.29, 0.717) is 18.4 Å². The van der Waals surface area contributed by atoms with Gasteiger partial charge in [-0.2, -0.15) is 0 Å². The van der Waals surface area contributed by atoms with Crippen molar-refractivity contribution in [1.82, 2.24) is 5.32 Å². The first-order valence-electron chi connectivity index (χ1n) is 7.00. The second-order valence-electron chi connectivity index (χ2n) is 5.09. The number of rotatable bonds is 5. The van der Waals surface area contributed by atoms with E-state index in [1.54, 1.807) is 6.07 Å². The number of nitro benzene ring substituents is 1. The Hall–Kier alpha value is -1.82. The Kier molecular flexibility index (Phi) is 4.79. The summed E-state index contributed by atoms with van der Waals surface area (Å²) in [7, 11) is 0. The second kappa shape index (κ2) is 6.56. The molecule has 0 unspecified atom stereocenters. The van der Waals surface area contributed by atoms with E-state index in [4.69, 9.17) is 4.74 Å². The molecule has 1 aromatic carbocycles. The summed E-state index contributed by atoms with van der Waals surface area (Å²) in [6, 6.07) is 5.38. The van der Waals surface area contributed by atoms with Gasteiger partial charge < -0.3 is 15.0 Å². The molecular weight excluding hydrogens is 258 g/mol. The van der Waals surface area contributed by atoms with Crippen molar-refractivity contribution >= 4 is 11.4 Å². The zero-order valence-electron chi connectivity index (χ0n) is 12.0. The van der Waals surface area contributed by atoms with Gasteiger partial charge in [-0.3, -0.25) is 10.1 Å². The van der Waals surface area contributed by atoms with E-state index in [-0.39, 0.29) is 10.6 Å². The highest BCUT2D eigenvalue weighted by Crippen LogP contribution is 2.29. The van der Waals surface area contributed by atoms with Gasteiger partial charge in [-0.05, 0) is 13.3 Å². The molecule has 0 amide bonds. The van der Waals surface area contributed by atoms with Gasteiger partial charge in [-0.15, -0.1) is 0 Å². The molecule has 0 saturated carbocycles. The Morgan fingerprint density at radius 3 is 2.95 bits per heavy atom. The summed E-state index contributed by atoms with van der Waals surface area (Å²) in [6.07, 6.45) is 0.878.